The van der Waals surface area contributed by atoms with Gasteiger partial charge in [-0.05, 0) is 0 Å². The minimum atomic E-state index is -3.21. The maximum absolute atomic E-state index is 3.21. The predicted octanol–water partition coefficient (Wildman–Crippen LogP) is 12.5. The van der Waals surface area contributed by atoms with Gasteiger partial charge >= 0.3 is 302 Å². The van der Waals surface area contributed by atoms with Crippen molar-refractivity contribution < 1.29 is 20.0 Å². The molecule has 3 aliphatic rings. The molecule has 1 heterocycles. The van der Waals surface area contributed by atoms with E-state index in [1.807, 2.05) is 0 Å². The molecule has 5 aromatic carbocycles. The van der Waals surface area contributed by atoms with Crippen LogP contribution in [0.4, 0.5) is 0 Å². The Morgan fingerprint density at radius 1 is 0.510 bits per heavy atom. The van der Waals surface area contributed by atoms with Crippen molar-refractivity contribution >= 4 is 25.4 Å². The molecule has 0 amide bonds. The van der Waals surface area contributed by atoms with Crippen molar-refractivity contribution in [2.45, 2.75) is 75.6 Å². The number of benzene rings is 5. The van der Waals surface area contributed by atoms with Gasteiger partial charge in [-0.1, -0.05) is 0 Å². The van der Waals surface area contributed by atoms with Crippen molar-refractivity contribution in [1.82, 2.24) is 0 Å². The first-order chi connectivity index (χ1) is 23.2. The van der Waals surface area contributed by atoms with Crippen LogP contribution in [0, 0.1) is 0 Å². The standard InChI is InChI=1S/C45H44Si.2CH3.Hf/c1-44(2,3)35-19-11-15-31(25-35)40-23-13-17-33-27-38(29-42(33)40)46(7,37-21-9-8-10-22-37)39-28-34-18-14-24-41(43(34)30-39)32-16-12-20-36(26-32)45(4,5)6;;;/h8-30H,1-7H3;2*1H3;. The summed E-state index contributed by atoms with van der Waals surface area (Å²) in [5.74, 6) is 0. The number of rotatable bonds is 3. The van der Waals surface area contributed by atoms with Gasteiger partial charge in [-0.25, -0.2) is 0 Å². The second-order valence-corrected chi connectivity index (χ2v) is 38.9. The summed E-state index contributed by atoms with van der Waals surface area (Å²) in [7, 11) is -2.31. The van der Waals surface area contributed by atoms with Crippen LogP contribution in [0.15, 0.2) is 126 Å². The van der Waals surface area contributed by atoms with Crippen molar-refractivity contribution in [3.8, 4) is 22.3 Å². The molecule has 49 heavy (non-hydrogen) atoms. The first-order valence-electron chi connectivity index (χ1n) is 18.2. The van der Waals surface area contributed by atoms with Crippen molar-refractivity contribution in [3.05, 3.63) is 159 Å². The SMILES string of the molecule is CC(C)(C)c1cccc(-c2cccc3c2C=C2[CH]3[Hf]([CH3])([CH3])[CH]3C(=Cc4c(-c5cccc(C(C)(C)C)c5)cccc43)[Si]2(C)c2ccccc2)c1. The van der Waals surface area contributed by atoms with E-state index < -0.39 is 28.0 Å². The number of fused-ring (bicyclic) bond motifs is 6. The van der Waals surface area contributed by atoms with Gasteiger partial charge in [-0.15, -0.1) is 0 Å². The Hall–Kier alpha value is -3.33. The molecule has 0 radical (unpaired) electrons. The monoisotopic (exact) mass is 822 g/mol. The van der Waals surface area contributed by atoms with Gasteiger partial charge in [-0.2, -0.15) is 0 Å². The molecule has 1 fully saturated rings. The topological polar surface area (TPSA) is 0 Å². The van der Waals surface area contributed by atoms with E-state index in [1.54, 1.807) is 26.7 Å². The summed E-state index contributed by atoms with van der Waals surface area (Å²) in [5.41, 5.74) is 14.7. The van der Waals surface area contributed by atoms with Crippen LogP contribution in [0.1, 0.15) is 82.3 Å². The second-order valence-electron chi connectivity index (χ2n) is 17.7. The van der Waals surface area contributed by atoms with Crippen LogP contribution < -0.4 is 5.19 Å². The van der Waals surface area contributed by atoms with Gasteiger partial charge in [-0.3, -0.25) is 0 Å². The van der Waals surface area contributed by atoms with Crippen LogP contribution in [0.3, 0.4) is 0 Å². The molecule has 0 N–H and O–H groups in total. The summed E-state index contributed by atoms with van der Waals surface area (Å²) < 4.78 is 6.72. The summed E-state index contributed by atoms with van der Waals surface area (Å²) in [5, 5.41) is 5.09. The fourth-order valence-corrected chi connectivity index (χ4v) is 41.1. The number of hydrogen-bond donors (Lipinski definition) is 0. The van der Waals surface area contributed by atoms with Crippen molar-refractivity contribution in [2.24, 2.45) is 0 Å². The number of allylic oxidation sites excluding steroid dienone is 2. The molecule has 0 bridgehead atoms. The van der Waals surface area contributed by atoms with Crippen LogP contribution in [-0.2, 0) is 30.8 Å². The van der Waals surface area contributed by atoms with E-state index in [-0.39, 0.29) is 10.8 Å². The van der Waals surface area contributed by atoms with E-state index in [0.717, 1.165) is 0 Å². The van der Waals surface area contributed by atoms with E-state index in [9.17, 15) is 0 Å². The molecule has 0 spiro atoms. The van der Waals surface area contributed by atoms with Gasteiger partial charge in [0.15, 0.2) is 0 Å². The Morgan fingerprint density at radius 2 is 0.939 bits per heavy atom. The molecule has 0 nitrogen and oxygen atoms in total. The Bertz CT molecular complexity index is 2050. The Labute approximate surface area is 300 Å². The average molecular weight is 821 g/mol. The molecular weight excluding hydrogens is 771 g/mol. The molecule has 2 atom stereocenters. The van der Waals surface area contributed by atoms with Crippen molar-refractivity contribution in [3.63, 3.8) is 0 Å². The van der Waals surface area contributed by atoms with Gasteiger partial charge < -0.3 is 0 Å². The Morgan fingerprint density at radius 3 is 1.37 bits per heavy atom. The zero-order chi connectivity index (χ0) is 34.5. The summed E-state index contributed by atoms with van der Waals surface area (Å²) >= 11 is -3.21. The van der Waals surface area contributed by atoms with Gasteiger partial charge in [0.2, 0.25) is 0 Å². The molecule has 8 rings (SSSR count). The maximum atomic E-state index is 2.78. The van der Waals surface area contributed by atoms with Gasteiger partial charge in [0.1, 0.15) is 0 Å². The first-order valence-corrected chi connectivity index (χ1v) is 32.0. The van der Waals surface area contributed by atoms with Crippen molar-refractivity contribution in [1.29, 1.82) is 0 Å². The molecule has 246 valence electrons. The van der Waals surface area contributed by atoms with Crippen molar-refractivity contribution in [2.75, 3.05) is 0 Å². The van der Waals surface area contributed by atoms with E-state index >= 15 is 0 Å². The zero-order valence-electron chi connectivity index (χ0n) is 30.8. The summed E-state index contributed by atoms with van der Waals surface area (Å²) in [6, 6.07) is 44.8. The Balaban J connectivity index is 1.36. The third-order valence-electron chi connectivity index (χ3n) is 12.2. The molecule has 5 aromatic rings. The molecule has 1 saturated heterocycles. The Kier molecular flexibility index (Phi) is 7.60. The third kappa shape index (κ3) is 5.07. The molecule has 2 unspecified atom stereocenters. The second kappa shape index (κ2) is 11.3. The average Bonchev–Trinajstić information content (AvgIpc) is 3.69. The van der Waals surface area contributed by atoms with E-state index in [0.29, 0.717) is 7.35 Å². The van der Waals surface area contributed by atoms with Gasteiger partial charge in [0.05, 0.1) is 0 Å². The molecule has 1 aliphatic heterocycles. The first kappa shape index (κ1) is 32.8. The fraction of sp³-hybridized carbons (Fsp3) is 0.277. The molecule has 2 heteroatoms. The molecular formula is C47H50HfSi. The summed E-state index contributed by atoms with van der Waals surface area (Å²) in [4.78, 5) is 0. The predicted molar refractivity (Wildman–Crippen MR) is 212 cm³/mol. The molecule has 0 aromatic heterocycles. The van der Waals surface area contributed by atoms with Crippen LogP contribution in [-0.4, -0.2) is 8.07 Å². The van der Waals surface area contributed by atoms with Crippen LogP contribution in [0.2, 0.25) is 15.9 Å². The molecule has 2 aliphatic carbocycles. The van der Waals surface area contributed by atoms with E-state index in [1.165, 1.54) is 44.5 Å². The fourth-order valence-electron chi connectivity index (χ4n) is 9.52. The third-order valence-corrected chi connectivity index (χ3v) is 34.1. The van der Waals surface area contributed by atoms with Gasteiger partial charge in [0.25, 0.3) is 0 Å². The summed E-state index contributed by atoms with van der Waals surface area (Å²) in [6.45, 7) is 16.6. The minimum absolute atomic E-state index is 0.114. The van der Waals surface area contributed by atoms with E-state index in [4.69, 9.17) is 0 Å². The van der Waals surface area contributed by atoms with Crippen LogP contribution in [0.25, 0.3) is 34.4 Å². The molecule has 0 saturated carbocycles. The van der Waals surface area contributed by atoms with Crippen LogP contribution >= 0.6 is 0 Å². The van der Waals surface area contributed by atoms with Gasteiger partial charge in [0, 0.05) is 0 Å². The summed E-state index contributed by atoms with van der Waals surface area (Å²) in [6.07, 6.45) is 5.43. The van der Waals surface area contributed by atoms with E-state index in [2.05, 4.69) is 185 Å². The number of hydrogen-bond acceptors (Lipinski definition) is 0. The quantitative estimate of drug-likeness (QED) is 0.159. The normalized spacial score (nSPS) is 22.1. The van der Waals surface area contributed by atoms with Crippen LogP contribution in [0.5, 0.6) is 0 Å². The zero-order valence-corrected chi connectivity index (χ0v) is 35.4.